The van der Waals surface area contributed by atoms with Gasteiger partial charge in [0.2, 0.25) is 5.91 Å². The van der Waals surface area contributed by atoms with E-state index in [1.54, 1.807) is 4.90 Å². The van der Waals surface area contributed by atoms with Gasteiger partial charge in [-0.25, -0.2) is 9.89 Å². The van der Waals surface area contributed by atoms with Gasteiger partial charge in [-0.15, -0.1) is 0 Å². The van der Waals surface area contributed by atoms with Crippen LogP contribution in [0.1, 0.15) is 64.0 Å². The first kappa shape index (κ1) is 23.2. The van der Waals surface area contributed by atoms with Crippen molar-refractivity contribution in [2.45, 2.75) is 64.2 Å². The molecule has 2 aliphatic heterocycles. The van der Waals surface area contributed by atoms with E-state index in [9.17, 15) is 9.59 Å². The fourth-order valence-corrected chi connectivity index (χ4v) is 4.99. The number of carbonyl (C=O) groups is 2. The molecule has 0 radical (unpaired) electrons. The van der Waals surface area contributed by atoms with Gasteiger partial charge in [-0.3, -0.25) is 14.6 Å². The number of hydrogen-bond donors (Lipinski definition) is 1. The zero-order chi connectivity index (χ0) is 23.5. The number of amidine groups is 2. The van der Waals surface area contributed by atoms with E-state index in [0.717, 1.165) is 23.4 Å². The molecule has 172 valence electrons. The third-order valence-electron chi connectivity index (χ3n) is 5.87. The number of benzene rings is 2. The summed E-state index contributed by atoms with van der Waals surface area (Å²) >= 11 is 1.33. The molecule has 2 atom stereocenters. The van der Waals surface area contributed by atoms with Crippen LogP contribution >= 0.6 is 11.8 Å². The Kier molecular flexibility index (Phi) is 6.98. The van der Waals surface area contributed by atoms with E-state index in [0.29, 0.717) is 29.8 Å². The third-order valence-corrected chi connectivity index (χ3v) is 7.18. The Morgan fingerprint density at radius 2 is 1.85 bits per heavy atom. The maximum atomic E-state index is 13.2. The van der Waals surface area contributed by atoms with Crippen molar-refractivity contribution in [3.63, 3.8) is 0 Å². The minimum absolute atomic E-state index is 0.0628. The van der Waals surface area contributed by atoms with E-state index in [2.05, 4.69) is 19.2 Å². The van der Waals surface area contributed by atoms with Crippen LogP contribution in [0.25, 0.3) is 0 Å². The molecule has 0 saturated heterocycles. The molecule has 1 N–H and O–H groups in total. The second-order valence-electron chi connectivity index (χ2n) is 8.62. The number of nitrogens with one attached hydrogen (secondary N) is 1. The number of anilines is 1. The van der Waals surface area contributed by atoms with Crippen LogP contribution in [-0.4, -0.2) is 39.0 Å². The standard InChI is InChI=1S/C26H30N4O2S/c1-5-9-21-25(32)30-23(28-21)19-10-7-8-11-20(19)29-26(30)33-22(6-2)24(31)27-18-14-12-17(13-15-18)16(3)4/h7-8,10-16,21-22H,5-6,9H2,1-4H3,(H,27,31)/t21-,22+/m1/s1. The van der Waals surface area contributed by atoms with E-state index < -0.39 is 11.3 Å². The molecule has 2 heterocycles. The van der Waals surface area contributed by atoms with Gasteiger partial charge in [0, 0.05) is 11.3 Å². The summed E-state index contributed by atoms with van der Waals surface area (Å²) in [6.07, 6.45) is 2.18. The van der Waals surface area contributed by atoms with Crippen molar-refractivity contribution in [1.29, 1.82) is 0 Å². The van der Waals surface area contributed by atoms with Crippen LogP contribution in [0.3, 0.4) is 0 Å². The van der Waals surface area contributed by atoms with Crippen molar-refractivity contribution >= 4 is 46.0 Å². The SMILES string of the molecule is CCC[C@H]1N=C2c3ccccc3N=C(S[C@@H](CC)C(=O)Nc3ccc(C(C)C)cc3)N2C1=O. The minimum Gasteiger partial charge on any atom is -0.325 e. The van der Waals surface area contributed by atoms with Crippen LogP contribution in [0.5, 0.6) is 0 Å². The fraction of sp³-hybridized carbons (Fsp3) is 0.385. The van der Waals surface area contributed by atoms with E-state index >= 15 is 0 Å². The van der Waals surface area contributed by atoms with Crippen molar-refractivity contribution in [1.82, 2.24) is 4.90 Å². The van der Waals surface area contributed by atoms with Gasteiger partial charge in [0.05, 0.1) is 10.9 Å². The molecule has 0 spiro atoms. The van der Waals surface area contributed by atoms with Crippen molar-refractivity contribution < 1.29 is 9.59 Å². The Bertz CT molecular complexity index is 1110. The lowest BCUT2D eigenvalue weighted by Gasteiger charge is -2.27. The van der Waals surface area contributed by atoms with Crippen LogP contribution in [0.2, 0.25) is 0 Å². The van der Waals surface area contributed by atoms with Gasteiger partial charge in [-0.2, -0.15) is 0 Å². The molecule has 33 heavy (non-hydrogen) atoms. The Hall–Kier alpha value is -2.93. The minimum atomic E-state index is -0.393. The van der Waals surface area contributed by atoms with Gasteiger partial charge < -0.3 is 5.32 Å². The Labute approximate surface area is 199 Å². The van der Waals surface area contributed by atoms with Crippen molar-refractivity contribution in [2.75, 3.05) is 5.32 Å². The van der Waals surface area contributed by atoms with Gasteiger partial charge in [0.25, 0.3) is 5.91 Å². The number of fused-ring (bicyclic) bond motifs is 3. The molecule has 7 heteroatoms. The summed E-state index contributed by atoms with van der Waals surface area (Å²) < 4.78 is 0. The number of aliphatic imine (C=N–C) groups is 2. The van der Waals surface area contributed by atoms with Gasteiger partial charge in [-0.1, -0.05) is 70.1 Å². The number of para-hydroxylation sites is 1. The van der Waals surface area contributed by atoms with Crippen LogP contribution in [0, 0.1) is 0 Å². The van der Waals surface area contributed by atoms with Gasteiger partial charge >= 0.3 is 0 Å². The van der Waals surface area contributed by atoms with E-state index in [1.807, 2.05) is 62.4 Å². The van der Waals surface area contributed by atoms with Gasteiger partial charge in [-0.05, 0) is 48.6 Å². The highest BCUT2D eigenvalue weighted by molar-refractivity contribution is 8.15. The van der Waals surface area contributed by atoms with Gasteiger partial charge in [0.15, 0.2) is 5.17 Å². The molecule has 2 aromatic rings. The molecule has 2 aromatic carbocycles. The van der Waals surface area contributed by atoms with E-state index in [1.165, 1.54) is 17.3 Å². The quantitative estimate of drug-likeness (QED) is 0.572. The molecule has 4 rings (SSSR count). The zero-order valence-corrected chi connectivity index (χ0v) is 20.4. The number of carbonyl (C=O) groups excluding carboxylic acids is 2. The zero-order valence-electron chi connectivity index (χ0n) is 19.5. The lowest BCUT2D eigenvalue weighted by molar-refractivity contribution is -0.124. The Balaban J connectivity index is 1.57. The second-order valence-corrected chi connectivity index (χ2v) is 9.79. The summed E-state index contributed by atoms with van der Waals surface area (Å²) in [6, 6.07) is 15.3. The normalized spacial score (nSPS) is 17.9. The topological polar surface area (TPSA) is 74.1 Å². The number of amides is 2. The molecule has 6 nitrogen and oxygen atoms in total. The van der Waals surface area contributed by atoms with E-state index in [-0.39, 0.29) is 11.8 Å². The summed E-state index contributed by atoms with van der Waals surface area (Å²) in [6.45, 7) is 8.30. The van der Waals surface area contributed by atoms with Crippen molar-refractivity contribution in [3.05, 3.63) is 59.7 Å². The molecule has 0 bridgehead atoms. The Morgan fingerprint density at radius 1 is 1.12 bits per heavy atom. The average Bonchev–Trinajstić information content (AvgIpc) is 3.14. The lowest BCUT2D eigenvalue weighted by atomic mass is 10.0. The molecular weight excluding hydrogens is 432 g/mol. The van der Waals surface area contributed by atoms with Crippen LogP contribution < -0.4 is 5.32 Å². The predicted octanol–water partition coefficient (Wildman–Crippen LogP) is 5.72. The van der Waals surface area contributed by atoms with Crippen LogP contribution in [-0.2, 0) is 9.59 Å². The summed E-state index contributed by atoms with van der Waals surface area (Å²) in [5.41, 5.74) is 3.63. The summed E-state index contributed by atoms with van der Waals surface area (Å²) in [5, 5.41) is 3.15. The van der Waals surface area contributed by atoms with Crippen LogP contribution in [0.15, 0.2) is 58.5 Å². The maximum absolute atomic E-state index is 13.2. The highest BCUT2D eigenvalue weighted by Gasteiger charge is 2.42. The molecule has 0 aliphatic carbocycles. The summed E-state index contributed by atoms with van der Waals surface area (Å²) in [5.74, 6) is 0.918. The first-order valence-electron chi connectivity index (χ1n) is 11.6. The molecule has 0 aromatic heterocycles. The Morgan fingerprint density at radius 3 is 2.52 bits per heavy atom. The maximum Gasteiger partial charge on any atom is 0.259 e. The third kappa shape index (κ3) is 4.74. The fourth-order valence-electron chi connectivity index (χ4n) is 3.97. The smallest absolute Gasteiger partial charge is 0.259 e. The van der Waals surface area contributed by atoms with Crippen molar-refractivity contribution in [3.8, 4) is 0 Å². The number of thioether (sulfide) groups is 1. The monoisotopic (exact) mass is 462 g/mol. The number of hydrogen-bond acceptors (Lipinski definition) is 5. The average molecular weight is 463 g/mol. The molecule has 2 aliphatic rings. The molecule has 0 saturated carbocycles. The molecule has 0 fully saturated rings. The number of nitrogens with zero attached hydrogens (tertiary/aromatic N) is 3. The van der Waals surface area contributed by atoms with Crippen LogP contribution in [0.4, 0.5) is 11.4 Å². The molecule has 0 unspecified atom stereocenters. The van der Waals surface area contributed by atoms with Gasteiger partial charge in [0.1, 0.15) is 11.9 Å². The highest BCUT2D eigenvalue weighted by atomic mass is 32.2. The first-order chi connectivity index (χ1) is 15.9. The largest absolute Gasteiger partial charge is 0.325 e. The number of rotatable bonds is 7. The lowest BCUT2D eigenvalue weighted by Crippen LogP contribution is -2.42. The first-order valence-corrected chi connectivity index (χ1v) is 12.5. The summed E-state index contributed by atoms with van der Waals surface area (Å²) in [7, 11) is 0. The van der Waals surface area contributed by atoms with Crippen molar-refractivity contribution in [2.24, 2.45) is 9.98 Å². The highest BCUT2D eigenvalue weighted by Crippen LogP contribution is 2.36. The molecule has 2 amide bonds. The molecular formula is C26H30N4O2S. The second kappa shape index (κ2) is 9.91. The summed E-state index contributed by atoms with van der Waals surface area (Å²) in [4.78, 5) is 37.4. The predicted molar refractivity (Wildman–Crippen MR) is 136 cm³/mol. The van der Waals surface area contributed by atoms with E-state index in [4.69, 9.17) is 9.98 Å².